The number of ketones is 1. The van der Waals surface area contributed by atoms with Gasteiger partial charge in [-0.3, -0.25) is 4.79 Å². The highest BCUT2D eigenvalue weighted by Gasteiger charge is 2.27. The minimum Gasteiger partial charge on any atom is -0.303 e. The Morgan fingerprint density at radius 2 is 1.29 bits per heavy atom. The molecule has 24 heavy (non-hydrogen) atoms. The topological polar surface area (TPSA) is 51.7 Å². The van der Waals surface area contributed by atoms with E-state index in [0.717, 1.165) is 22.7 Å². The second-order valence-electron chi connectivity index (χ2n) is 6.07. The van der Waals surface area contributed by atoms with Crippen LogP contribution in [0.5, 0.6) is 0 Å². The van der Waals surface area contributed by atoms with E-state index in [1.165, 1.54) is 0 Å². The number of nitrogens with zero attached hydrogens (tertiary/aromatic N) is 4. The van der Waals surface area contributed by atoms with Gasteiger partial charge in [0.1, 0.15) is 17.1 Å². The summed E-state index contributed by atoms with van der Waals surface area (Å²) in [6.45, 7) is 3.89. The van der Waals surface area contributed by atoms with Gasteiger partial charge in [-0.05, 0) is 38.1 Å². The molecule has 4 rings (SSSR count). The van der Waals surface area contributed by atoms with Gasteiger partial charge >= 0.3 is 0 Å². The van der Waals surface area contributed by atoms with Crippen LogP contribution in [0.15, 0.2) is 61.2 Å². The molecule has 4 aromatic rings. The Kier molecular flexibility index (Phi) is 3.41. The summed E-state index contributed by atoms with van der Waals surface area (Å²) in [7, 11) is 0. The predicted octanol–water partition coefficient (Wildman–Crippen LogP) is 3.46. The first-order valence-electron chi connectivity index (χ1n) is 8.04. The van der Waals surface area contributed by atoms with Crippen molar-refractivity contribution in [1.82, 2.24) is 18.8 Å². The molecule has 0 bridgehead atoms. The van der Waals surface area contributed by atoms with Gasteiger partial charge in [-0.1, -0.05) is 12.1 Å². The second-order valence-corrected chi connectivity index (χ2v) is 6.07. The fraction of sp³-hybridized carbons (Fsp3) is 0.211. The van der Waals surface area contributed by atoms with E-state index in [9.17, 15) is 4.79 Å². The van der Waals surface area contributed by atoms with Crippen LogP contribution in [-0.2, 0) is 4.79 Å². The lowest BCUT2D eigenvalue weighted by Crippen LogP contribution is -2.19. The summed E-state index contributed by atoms with van der Waals surface area (Å²) in [5, 5.41) is 0. The first kappa shape index (κ1) is 14.6. The zero-order chi connectivity index (χ0) is 16.7. The summed E-state index contributed by atoms with van der Waals surface area (Å²) in [5.74, 6) is -0.329. The molecule has 0 amide bonds. The highest BCUT2D eigenvalue weighted by molar-refractivity contribution is 5.90. The average Bonchev–Trinajstić information content (AvgIpc) is 3.24. The molecular formula is C19H18N4O. The Labute approximate surface area is 139 Å². The van der Waals surface area contributed by atoms with Gasteiger partial charge in [0.25, 0.3) is 0 Å². The standard InChI is InChI=1S/C19H18N4O/c1-13(15-11-20-17-7-3-5-9-22(15)17)19(24)14(2)16-12-21-18-8-4-6-10-23(16)18/h3-14H,1-2H3. The lowest BCUT2D eigenvalue weighted by Gasteiger charge is -2.16. The summed E-state index contributed by atoms with van der Waals surface area (Å²) in [6, 6.07) is 11.7. The van der Waals surface area contributed by atoms with E-state index in [1.807, 2.05) is 71.4 Å². The maximum Gasteiger partial charge on any atom is 0.150 e. The quantitative estimate of drug-likeness (QED) is 0.579. The van der Waals surface area contributed by atoms with Crippen LogP contribution in [-0.4, -0.2) is 24.6 Å². The van der Waals surface area contributed by atoms with Crippen LogP contribution in [0.25, 0.3) is 11.3 Å². The lowest BCUT2D eigenvalue weighted by molar-refractivity contribution is -0.121. The molecule has 0 aliphatic rings. The van der Waals surface area contributed by atoms with Gasteiger partial charge in [0.05, 0.1) is 23.2 Å². The normalized spacial score (nSPS) is 14.1. The number of Topliss-reactive ketones (excluding diaryl/α,β-unsaturated/α-hetero) is 1. The second kappa shape index (κ2) is 5.60. The van der Waals surface area contributed by atoms with Crippen LogP contribution in [0.2, 0.25) is 0 Å². The Balaban J connectivity index is 1.70. The first-order chi connectivity index (χ1) is 11.7. The van der Waals surface area contributed by atoms with Crippen LogP contribution in [0.3, 0.4) is 0 Å². The molecular weight excluding hydrogens is 300 g/mol. The summed E-state index contributed by atoms with van der Waals surface area (Å²) >= 11 is 0. The van der Waals surface area contributed by atoms with E-state index in [4.69, 9.17) is 0 Å². The minimum absolute atomic E-state index is 0.159. The predicted molar refractivity (Wildman–Crippen MR) is 92.2 cm³/mol. The van der Waals surface area contributed by atoms with Crippen LogP contribution in [0, 0.1) is 0 Å². The summed E-state index contributed by atoms with van der Waals surface area (Å²) in [6.07, 6.45) is 7.47. The Morgan fingerprint density at radius 1 is 0.833 bits per heavy atom. The molecule has 0 saturated heterocycles. The van der Waals surface area contributed by atoms with E-state index in [0.29, 0.717) is 0 Å². The first-order valence-corrected chi connectivity index (χ1v) is 8.04. The van der Waals surface area contributed by atoms with Crippen molar-refractivity contribution < 1.29 is 4.79 Å². The number of aromatic nitrogens is 4. The zero-order valence-electron chi connectivity index (χ0n) is 13.6. The van der Waals surface area contributed by atoms with Crippen molar-refractivity contribution in [2.24, 2.45) is 0 Å². The van der Waals surface area contributed by atoms with Gasteiger partial charge in [0.15, 0.2) is 0 Å². The highest BCUT2D eigenvalue weighted by atomic mass is 16.1. The van der Waals surface area contributed by atoms with E-state index in [1.54, 1.807) is 12.4 Å². The van der Waals surface area contributed by atoms with Crippen molar-refractivity contribution in [3.8, 4) is 0 Å². The maximum absolute atomic E-state index is 13.0. The van der Waals surface area contributed by atoms with E-state index in [2.05, 4.69) is 9.97 Å². The molecule has 0 radical (unpaired) electrons. The molecule has 0 N–H and O–H groups in total. The van der Waals surface area contributed by atoms with Gasteiger partial charge in [0.2, 0.25) is 0 Å². The zero-order valence-corrected chi connectivity index (χ0v) is 13.6. The number of fused-ring (bicyclic) bond motifs is 2. The van der Waals surface area contributed by atoms with Gasteiger partial charge in [-0.25, -0.2) is 9.97 Å². The third-order valence-electron chi connectivity index (χ3n) is 4.63. The minimum atomic E-state index is -0.244. The summed E-state index contributed by atoms with van der Waals surface area (Å²) in [4.78, 5) is 21.8. The number of rotatable bonds is 4. The molecule has 4 heterocycles. The van der Waals surface area contributed by atoms with Gasteiger partial charge in [0, 0.05) is 24.8 Å². The summed E-state index contributed by atoms with van der Waals surface area (Å²) in [5.41, 5.74) is 3.54. The molecule has 2 unspecified atom stereocenters. The lowest BCUT2D eigenvalue weighted by atomic mass is 9.91. The Bertz CT molecular complexity index is 948. The molecule has 0 aliphatic heterocycles. The van der Waals surface area contributed by atoms with Crippen molar-refractivity contribution in [1.29, 1.82) is 0 Å². The molecule has 120 valence electrons. The van der Waals surface area contributed by atoms with Crippen molar-refractivity contribution in [3.63, 3.8) is 0 Å². The van der Waals surface area contributed by atoms with Gasteiger partial charge in [-0.15, -0.1) is 0 Å². The molecule has 0 saturated carbocycles. The molecule has 0 spiro atoms. The average molecular weight is 318 g/mol. The molecule has 4 aromatic heterocycles. The highest BCUT2D eigenvalue weighted by Crippen LogP contribution is 2.27. The maximum atomic E-state index is 13.0. The van der Waals surface area contributed by atoms with Crippen molar-refractivity contribution in [3.05, 3.63) is 72.6 Å². The van der Waals surface area contributed by atoms with Crippen molar-refractivity contribution >= 4 is 17.1 Å². The fourth-order valence-corrected chi connectivity index (χ4v) is 3.21. The number of pyridine rings is 2. The Hall–Kier alpha value is -2.95. The van der Waals surface area contributed by atoms with Gasteiger partial charge < -0.3 is 8.80 Å². The summed E-state index contributed by atoms with van der Waals surface area (Å²) < 4.78 is 3.95. The largest absolute Gasteiger partial charge is 0.303 e. The van der Waals surface area contributed by atoms with E-state index in [-0.39, 0.29) is 17.6 Å². The number of carbonyl (C=O) groups is 1. The van der Waals surface area contributed by atoms with Crippen LogP contribution < -0.4 is 0 Å². The van der Waals surface area contributed by atoms with Crippen molar-refractivity contribution in [2.45, 2.75) is 25.7 Å². The van der Waals surface area contributed by atoms with E-state index >= 15 is 0 Å². The molecule has 5 heteroatoms. The number of hydrogen-bond acceptors (Lipinski definition) is 3. The fourth-order valence-electron chi connectivity index (χ4n) is 3.21. The van der Waals surface area contributed by atoms with Crippen LogP contribution in [0.4, 0.5) is 0 Å². The van der Waals surface area contributed by atoms with Crippen LogP contribution >= 0.6 is 0 Å². The Morgan fingerprint density at radius 3 is 1.75 bits per heavy atom. The smallest absolute Gasteiger partial charge is 0.150 e. The van der Waals surface area contributed by atoms with Crippen molar-refractivity contribution in [2.75, 3.05) is 0 Å². The molecule has 5 nitrogen and oxygen atoms in total. The van der Waals surface area contributed by atoms with E-state index < -0.39 is 0 Å². The third kappa shape index (κ3) is 2.21. The monoisotopic (exact) mass is 318 g/mol. The molecule has 0 aromatic carbocycles. The third-order valence-corrected chi connectivity index (χ3v) is 4.63. The molecule has 0 aliphatic carbocycles. The number of carbonyl (C=O) groups excluding carboxylic acids is 1. The van der Waals surface area contributed by atoms with Crippen LogP contribution in [0.1, 0.15) is 37.1 Å². The number of imidazole rings is 2. The molecule has 0 fully saturated rings. The van der Waals surface area contributed by atoms with Gasteiger partial charge in [-0.2, -0.15) is 0 Å². The number of hydrogen-bond donors (Lipinski definition) is 0. The molecule has 2 atom stereocenters. The SMILES string of the molecule is CC(C(=O)C(C)c1cnc2ccccn12)c1cnc2ccccn12.